The third-order valence-electron chi connectivity index (χ3n) is 6.79. The summed E-state index contributed by atoms with van der Waals surface area (Å²) in [7, 11) is 1.63. The Kier molecular flexibility index (Phi) is 8.30. The molecular weight excluding hydrogens is 450 g/mol. The zero-order chi connectivity index (χ0) is 25.9. The summed E-state index contributed by atoms with van der Waals surface area (Å²) in [6.45, 7) is 11.1. The molecule has 1 saturated heterocycles. The van der Waals surface area contributed by atoms with E-state index in [4.69, 9.17) is 9.47 Å². The van der Waals surface area contributed by atoms with Gasteiger partial charge in [0.1, 0.15) is 5.75 Å². The molecule has 0 saturated carbocycles. The Morgan fingerprint density at radius 3 is 2.63 bits per heavy atom. The van der Waals surface area contributed by atoms with Gasteiger partial charge >= 0.3 is 6.09 Å². The van der Waals surface area contributed by atoms with E-state index in [0.29, 0.717) is 62.5 Å². The molecule has 0 unspecified atom stereocenters. The van der Waals surface area contributed by atoms with Gasteiger partial charge in [0.05, 0.1) is 11.7 Å². The first kappa shape index (κ1) is 26.8. The van der Waals surface area contributed by atoms with E-state index in [1.54, 1.807) is 36.8 Å². The van der Waals surface area contributed by atoms with Gasteiger partial charge in [-0.2, -0.15) is 0 Å². The van der Waals surface area contributed by atoms with Gasteiger partial charge in [0.25, 0.3) is 11.8 Å². The highest BCUT2D eigenvalue weighted by atomic mass is 16.5. The van der Waals surface area contributed by atoms with Crippen molar-refractivity contribution < 1.29 is 29.0 Å². The lowest BCUT2D eigenvalue weighted by Crippen LogP contribution is -2.54. The van der Waals surface area contributed by atoms with Crippen molar-refractivity contribution in [3.05, 3.63) is 23.3 Å². The van der Waals surface area contributed by atoms with Crippen molar-refractivity contribution >= 4 is 23.6 Å². The topological polar surface area (TPSA) is 99.6 Å². The third-order valence-corrected chi connectivity index (χ3v) is 6.79. The van der Waals surface area contributed by atoms with E-state index in [-0.39, 0.29) is 23.9 Å². The van der Waals surface area contributed by atoms with Gasteiger partial charge < -0.3 is 29.3 Å². The Labute approximate surface area is 208 Å². The van der Waals surface area contributed by atoms with Crippen LogP contribution in [0.4, 0.5) is 10.5 Å². The number of benzene rings is 1. The molecule has 35 heavy (non-hydrogen) atoms. The van der Waals surface area contributed by atoms with Crippen LogP contribution in [0.15, 0.2) is 12.1 Å². The highest BCUT2D eigenvalue weighted by Gasteiger charge is 2.42. The van der Waals surface area contributed by atoms with Crippen LogP contribution in [0, 0.1) is 0 Å². The Hall–Kier alpha value is -2.81. The maximum Gasteiger partial charge on any atom is 0.407 e. The molecule has 1 atom stereocenters. The number of ether oxygens (including phenoxy) is 2. The van der Waals surface area contributed by atoms with E-state index in [1.807, 2.05) is 26.8 Å². The van der Waals surface area contributed by atoms with Crippen LogP contribution in [0.5, 0.6) is 5.75 Å². The van der Waals surface area contributed by atoms with Crippen LogP contribution < -0.4 is 9.64 Å². The first-order chi connectivity index (χ1) is 16.5. The summed E-state index contributed by atoms with van der Waals surface area (Å²) < 4.78 is 11.3. The fourth-order valence-corrected chi connectivity index (χ4v) is 5.05. The SMILES string of the molecule is CCc1cc2c(cc1C(=O)N(C(C)C)[C@@H]1CCCN(C(=O)O)C1)N(CCCOC)C(=O)C(C)(C)O2. The highest BCUT2D eigenvalue weighted by molar-refractivity contribution is 6.05. The molecule has 3 amide bonds. The van der Waals surface area contributed by atoms with E-state index in [2.05, 4.69) is 0 Å². The molecule has 0 spiro atoms. The van der Waals surface area contributed by atoms with Gasteiger partial charge in [0, 0.05) is 45.0 Å². The molecule has 3 rings (SSSR count). The summed E-state index contributed by atoms with van der Waals surface area (Å²) >= 11 is 0. The van der Waals surface area contributed by atoms with Crippen molar-refractivity contribution in [3.8, 4) is 5.75 Å². The molecule has 1 N–H and O–H groups in total. The number of hydrogen-bond donors (Lipinski definition) is 1. The summed E-state index contributed by atoms with van der Waals surface area (Å²) in [5.74, 6) is 0.283. The lowest BCUT2D eigenvalue weighted by atomic mass is 9.96. The number of nitrogens with zero attached hydrogens (tertiary/aromatic N) is 3. The van der Waals surface area contributed by atoms with Crippen LogP contribution in [0.25, 0.3) is 0 Å². The molecule has 0 radical (unpaired) electrons. The number of anilines is 1. The number of amides is 3. The van der Waals surface area contributed by atoms with Crippen molar-refractivity contribution in [2.24, 2.45) is 0 Å². The monoisotopic (exact) mass is 489 g/mol. The number of aryl methyl sites for hydroxylation is 1. The Morgan fingerprint density at radius 2 is 2.03 bits per heavy atom. The van der Waals surface area contributed by atoms with Gasteiger partial charge in [-0.25, -0.2) is 4.79 Å². The fourth-order valence-electron chi connectivity index (χ4n) is 5.05. The number of piperidine rings is 1. The molecule has 194 valence electrons. The van der Waals surface area contributed by atoms with Crippen LogP contribution >= 0.6 is 0 Å². The van der Waals surface area contributed by atoms with Crippen molar-refractivity contribution in [1.29, 1.82) is 0 Å². The smallest absolute Gasteiger partial charge is 0.407 e. The Balaban J connectivity index is 2.02. The molecule has 0 aromatic heterocycles. The number of hydrogen-bond acceptors (Lipinski definition) is 5. The quantitative estimate of drug-likeness (QED) is 0.558. The van der Waals surface area contributed by atoms with Gasteiger partial charge in [-0.15, -0.1) is 0 Å². The summed E-state index contributed by atoms with van der Waals surface area (Å²) in [6, 6.07) is 3.34. The number of fused-ring (bicyclic) bond motifs is 1. The fraction of sp³-hybridized carbons (Fsp3) is 0.654. The van der Waals surface area contributed by atoms with Crippen LogP contribution in [0.3, 0.4) is 0 Å². The molecule has 2 heterocycles. The highest BCUT2D eigenvalue weighted by Crippen LogP contribution is 2.40. The Bertz CT molecular complexity index is 961. The third kappa shape index (κ3) is 5.55. The second kappa shape index (κ2) is 10.8. The number of methoxy groups -OCH3 is 1. The largest absolute Gasteiger partial charge is 0.476 e. The predicted molar refractivity (Wildman–Crippen MR) is 133 cm³/mol. The second-order valence-electron chi connectivity index (χ2n) is 10.1. The van der Waals surface area contributed by atoms with Gasteiger partial charge in [-0.05, 0) is 71.1 Å². The van der Waals surface area contributed by atoms with Crippen LogP contribution in [-0.2, 0) is 16.0 Å². The minimum Gasteiger partial charge on any atom is -0.476 e. The normalized spacial score (nSPS) is 19.4. The lowest BCUT2D eigenvalue weighted by Gasteiger charge is -2.42. The molecule has 1 fully saturated rings. The maximum absolute atomic E-state index is 14.0. The zero-order valence-electron chi connectivity index (χ0n) is 21.8. The molecule has 2 aliphatic heterocycles. The summed E-state index contributed by atoms with van der Waals surface area (Å²) in [5, 5.41) is 9.49. The van der Waals surface area contributed by atoms with Crippen LogP contribution in [0.1, 0.15) is 69.8 Å². The van der Waals surface area contributed by atoms with Crippen molar-refractivity contribution in [3.63, 3.8) is 0 Å². The average Bonchev–Trinajstić information content (AvgIpc) is 2.80. The zero-order valence-corrected chi connectivity index (χ0v) is 21.8. The molecule has 1 aromatic carbocycles. The minimum absolute atomic E-state index is 0.114. The first-order valence-electron chi connectivity index (χ1n) is 12.5. The molecule has 0 bridgehead atoms. The summed E-state index contributed by atoms with van der Waals surface area (Å²) in [4.78, 5) is 43.7. The number of carbonyl (C=O) groups is 3. The number of carbonyl (C=O) groups excluding carboxylic acids is 2. The second-order valence-corrected chi connectivity index (χ2v) is 10.1. The van der Waals surface area contributed by atoms with Crippen molar-refractivity contribution in [2.75, 3.05) is 38.3 Å². The maximum atomic E-state index is 14.0. The van der Waals surface area contributed by atoms with E-state index in [9.17, 15) is 19.5 Å². The number of rotatable bonds is 8. The van der Waals surface area contributed by atoms with E-state index in [1.165, 1.54) is 4.90 Å². The van der Waals surface area contributed by atoms with E-state index < -0.39 is 11.7 Å². The molecule has 0 aliphatic carbocycles. The standard InChI is InChI=1S/C26H39N3O6/c1-7-18-14-22-21(28(12-9-13-34-6)24(31)26(4,5)35-22)15-20(18)23(30)29(17(2)3)19-10-8-11-27(16-19)25(32)33/h14-15,17,19H,7-13,16H2,1-6H3,(H,32,33)/t19-/m1/s1. The van der Waals surface area contributed by atoms with Crippen molar-refractivity contribution in [1.82, 2.24) is 9.80 Å². The van der Waals surface area contributed by atoms with Crippen LogP contribution in [-0.4, -0.2) is 83.8 Å². The molecular formula is C26H39N3O6. The minimum atomic E-state index is -1.01. The predicted octanol–water partition coefficient (Wildman–Crippen LogP) is 3.78. The summed E-state index contributed by atoms with van der Waals surface area (Å²) in [6.07, 6.45) is 1.77. The molecule has 2 aliphatic rings. The molecule has 1 aromatic rings. The summed E-state index contributed by atoms with van der Waals surface area (Å²) in [5.41, 5.74) is 0.946. The van der Waals surface area contributed by atoms with Gasteiger partial charge in [-0.1, -0.05) is 6.92 Å². The number of likely N-dealkylation sites (tertiary alicyclic amines) is 1. The molecule has 9 nitrogen and oxygen atoms in total. The Morgan fingerprint density at radius 1 is 1.31 bits per heavy atom. The van der Waals surface area contributed by atoms with Crippen molar-refractivity contribution in [2.45, 2.75) is 78.0 Å². The molecule has 9 heteroatoms. The van der Waals surface area contributed by atoms with Gasteiger partial charge in [0.15, 0.2) is 5.60 Å². The first-order valence-corrected chi connectivity index (χ1v) is 12.5. The van der Waals surface area contributed by atoms with E-state index in [0.717, 1.165) is 12.0 Å². The van der Waals surface area contributed by atoms with Gasteiger partial charge in [-0.3, -0.25) is 9.59 Å². The van der Waals surface area contributed by atoms with E-state index >= 15 is 0 Å². The number of carboxylic acid groups (broad SMARTS) is 1. The lowest BCUT2D eigenvalue weighted by molar-refractivity contribution is -0.132. The van der Waals surface area contributed by atoms with Crippen LogP contribution in [0.2, 0.25) is 0 Å². The van der Waals surface area contributed by atoms with Gasteiger partial charge in [0.2, 0.25) is 0 Å². The average molecular weight is 490 g/mol.